The van der Waals surface area contributed by atoms with E-state index >= 15 is 0 Å². The summed E-state index contributed by atoms with van der Waals surface area (Å²) in [4.78, 5) is 28.5. The summed E-state index contributed by atoms with van der Waals surface area (Å²) in [6.07, 6.45) is 0. The van der Waals surface area contributed by atoms with Crippen molar-refractivity contribution in [3.63, 3.8) is 0 Å². The second-order valence-corrected chi connectivity index (χ2v) is 7.29. The Bertz CT molecular complexity index is 1140. The molecule has 0 saturated carbocycles. The van der Waals surface area contributed by atoms with Gasteiger partial charge in [-0.05, 0) is 47.8 Å². The van der Waals surface area contributed by atoms with Crippen LogP contribution < -0.4 is 19.7 Å². The smallest absolute Gasteiger partial charge is 0.282 e. The van der Waals surface area contributed by atoms with Crippen LogP contribution in [0.2, 0.25) is 0 Å². The number of ether oxygens (including phenoxy) is 2. The zero-order chi connectivity index (χ0) is 21.3. The monoisotopic (exact) mass is 424 g/mol. The molecule has 1 aliphatic heterocycles. The van der Waals surface area contributed by atoms with Crippen molar-refractivity contribution in [3.05, 3.63) is 76.4 Å². The lowest BCUT2D eigenvalue weighted by Crippen LogP contribution is -2.32. The van der Waals surface area contributed by atoms with E-state index in [0.29, 0.717) is 22.1 Å². The summed E-state index contributed by atoms with van der Waals surface area (Å²) in [5, 5.41) is 4.81. The second kappa shape index (κ2) is 8.00. The first kappa shape index (κ1) is 19.7. The van der Waals surface area contributed by atoms with Gasteiger partial charge in [-0.3, -0.25) is 9.59 Å². The molecular formula is C22H17FN2O4S. The third kappa shape index (κ3) is 3.42. The minimum absolute atomic E-state index is 0.110. The number of anilines is 2. The fourth-order valence-electron chi connectivity index (χ4n) is 3.16. The highest BCUT2D eigenvalue weighted by Crippen LogP contribution is 2.40. The number of halogens is 1. The molecule has 2 heterocycles. The lowest BCUT2D eigenvalue weighted by atomic mass is 10.2. The molecule has 6 nitrogen and oxygen atoms in total. The van der Waals surface area contributed by atoms with E-state index in [1.165, 1.54) is 49.8 Å². The molecule has 152 valence electrons. The Morgan fingerprint density at radius 1 is 0.967 bits per heavy atom. The van der Waals surface area contributed by atoms with Gasteiger partial charge in [0.1, 0.15) is 23.0 Å². The molecule has 8 heteroatoms. The summed E-state index contributed by atoms with van der Waals surface area (Å²) in [6, 6.07) is 14.0. The highest BCUT2D eigenvalue weighted by molar-refractivity contribution is 7.11. The van der Waals surface area contributed by atoms with Gasteiger partial charge < -0.3 is 14.8 Å². The third-order valence-electron chi connectivity index (χ3n) is 4.59. The van der Waals surface area contributed by atoms with Gasteiger partial charge in [0.15, 0.2) is 0 Å². The number of imide groups is 1. The molecule has 1 aliphatic rings. The highest BCUT2D eigenvalue weighted by atomic mass is 32.1. The number of methoxy groups -OCH3 is 2. The van der Waals surface area contributed by atoms with E-state index in [4.69, 9.17) is 9.47 Å². The van der Waals surface area contributed by atoms with Crippen LogP contribution in [-0.2, 0) is 9.59 Å². The molecule has 30 heavy (non-hydrogen) atoms. The van der Waals surface area contributed by atoms with Crippen molar-refractivity contribution in [1.29, 1.82) is 0 Å². The Balaban J connectivity index is 1.82. The van der Waals surface area contributed by atoms with Crippen LogP contribution in [0.25, 0.3) is 5.57 Å². The van der Waals surface area contributed by atoms with Crippen molar-refractivity contribution >= 4 is 40.1 Å². The SMILES string of the molecule is COc1ccc(OC)c(N2C(=O)C(Nc3ccc(F)cc3)=C(c3cccs3)C2=O)c1. The van der Waals surface area contributed by atoms with Crippen LogP contribution in [0.3, 0.4) is 0 Å². The number of benzene rings is 2. The fraction of sp³-hybridized carbons (Fsp3) is 0.0909. The average molecular weight is 424 g/mol. The molecule has 1 N–H and O–H groups in total. The number of hydrogen-bond acceptors (Lipinski definition) is 6. The van der Waals surface area contributed by atoms with Crippen molar-refractivity contribution < 1.29 is 23.5 Å². The normalized spacial score (nSPS) is 13.8. The summed E-state index contributed by atoms with van der Waals surface area (Å²) in [7, 11) is 2.96. The van der Waals surface area contributed by atoms with Crippen LogP contribution in [0, 0.1) is 5.82 Å². The van der Waals surface area contributed by atoms with E-state index in [2.05, 4.69) is 5.32 Å². The number of rotatable bonds is 6. The minimum Gasteiger partial charge on any atom is -0.497 e. The standard InChI is InChI=1S/C22H17FN2O4S/c1-28-15-9-10-17(29-2)16(12-15)25-21(26)19(18-4-3-11-30-18)20(22(25)27)24-14-7-5-13(23)6-8-14/h3-12,24H,1-2H3. The van der Waals surface area contributed by atoms with Gasteiger partial charge in [-0.15, -0.1) is 11.3 Å². The van der Waals surface area contributed by atoms with Gasteiger partial charge in [0, 0.05) is 16.6 Å². The molecule has 1 aromatic heterocycles. The molecule has 3 aromatic rings. The van der Waals surface area contributed by atoms with Crippen LogP contribution in [0.5, 0.6) is 11.5 Å². The molecule has 4 rings (SSSR count). The summed E-state index contributed by atoms with van der Waals surface area (Å²) < 4.78 is 23.9. The number of nitrogens with one attached hydrogen (secondary N) is 1. The lowest BCUT2D eigenvalue weighted by Gasteiger charge is -2.19. The summed E-state index contributed by atoms with van der Waals surface area (Å²) in [5.74, 6) is -0.599. The third-order valence-corrected chi connectivity index (χ3v) is 5.48. The topological polar surface area (TPSA) is 67.9 Å². The molecule has 0 fully saturated rings. The molecule has 2 aromatic carbocycles. The van der Waals surface area contributed by atoms with Crippen molar-refractivity contribution in [2.75, 3.05) is 24.4 Å². The molecular weight excluding hydrogens is 407 g/mol. The Morgan fingerprint density at radius 2 is 1.73 bits per heavy atom. The maximum absolute atomic E-state index is 13.4. The number of thiophene rings is 1. The molecule has 0 bridgehead atoms. The average Bonchev–Trinajstić information content (AvgIpc) is 3.36. The van der Waals surface area contributed by atoms with Crippen molar-refractivity contribution in [3.8, 4) is 11.5 Å². The van der Waals surface area contributed by atoms with E-state index in [-0.39, 0.29) is 17.0 Å². The summed E-state index contributed by atoms with van der Waals surface area (Å²) in [5.41, 5.74) is 1.11. The van der Waals surface area contributed by atoms with Gasteiger partial charge in [0.2, 0.25) is 0 Å². The second-order valence-electron chi connectivity index (χ2n) is 6.34. The Kier molecular flexibility index (Phi) is 5.24. The van der Waals surface area contributed by atoms with E-state index in [9.17, 15) is 14.0 Å². The van der Waals surface area contributed by atoms with Crippen LogP contribution in [0.4, 0.5) is 15.8 Å². The summed E-state index contributed by atoms with van der Waals surface area (Å²) >= 11 is 1.34. The molecule has 0 aliphatic carbocycles. The molecule has 0 spiro atoms. The quantitative estimate of drug-likeness (QED) is 0.598. The largest absolute Gasteiger partial charge is 0.497 e. The number of nitrogens with zero attached hydrogens (tertiary/aromatic N) is 1. The van der Waals surface area contributed by atoms with Gasteiger partial charge in [-0.25, -0.2) is 9.29 Å². The minimum atomic E-state index is -0.542. The van der Waals surface area contributed by atoms with Gasteiger partial charge in [-0.2, -0.15) is 0 Å². The lowest BCUT2D eigenvalue weighted by molar-refractivity contribution is -0.120. The molecule has 0 saturated heterocycles. The predicted molar refractivity (Wildman–Crippen MR) is 113 cm³/mol. The first-order chi connectivity index (χ1) is 14.5. The molecule has 0 unspecified atom stereocenters. The van der Waals surface area contributed by atoms with Gasteiger partial charge in [0.05, 0.1) is 25.5 Å². The molecule has 2 amide bonds. The van der Waals surface area contributed by atoms with Crippen LogP contribution in [0.1, 0.15) is 4.88 Å². The number of amides is 2. The van der Waals surface area contributed by atoms with Crippen LogP contribution in [0.15, 0.2) is 65.7 Å². The van der Waals surface area contributed by atoms with Gasteiger partial charge in [-0.1, -0.05) is 6.07 Å². The first-order valence-corrected chi connectivity index (χ1v) is 9.83. The first-order valence-electron chi connectivity index (χ1n) is 8.95. The maximum Gasteiger partial charge on any atom is 0.282 e. The van der Waals surface area contributed by atoms with Gasteiger partial charge in [0.25, 0.3) is 11.8 Å². The van der Waals surface area contributed by atoms with Crippen molar-refractivity contribution in [2.24, 2.45) is 0 Å². The van der Waals surface area contributed by atoms with Crippen molar-refractivity contribution in [1.82, 2.24) is 0 Å². The molecule has 0 atom stereocenters. The zero-order valence-corrected chi connectivity index (χ0v) is 17.0. The van der Waals surface area contributed by atoms with Crippen LogP contribution in [-0.4, -0.2) is 26.0 Å². The van der Waals surface area contributed by atoms with E-state index in [0.717, 1.165) is 4.90 Å². The summed E-state index contributed by atoms with van der Waals surface area (Å²) in [6.45, 7) is 0. The van der Waals surface area contributed by atoms with E-state index in [1.807, 2.05) is 5.38 Å². The van der Waals surface area contributed by atoms with E-state index in [1.54, 1.807) is 30.3 Å². The fourth-order valence-corrected chi connectivity index (χ4v) is 3.93. The Labute approximate surface area is 176 Å². The number of carbonyl (C=O) groups is 2. The number of hydrogen-bond donors (Lipinski definition) is 1. The van der Waals surface area contributed by atoms with Crippen LogP contribution >= 0.6 is 11.3 Å². The molecule has 0 radical (unpaired) electrons. The van der Waals surface area contributed by atoms with Gasteiger partial charge >= 0.3 is 0 Å². The Morgan fingerprint density at radius 3 is 2.37 bits per heavy atom. The zero-order valence-electron chi connectivity index (χ0n) is 16.1. The maximum atomic E-state index is 13.4. The Hall–Kier alpha value is -3.65. The number of carbonyl (C=O) groups excluding carboxylic acids is 2. The predicted octanol–water partition coefficient (Wildman–Crippen LogP) is 4.30. The highest BCUT2D eigenvalue weighted by Gasteiger charge is 2.42. The van der Waals surface area contributed by atoms with Crippen molar-refractivity contribution in [2.45, 2.75) is 0 Å². The van der Waals surface area contributed by atoms with E-state index < -0.39 is 17.6 Å².